The first-order valence-corrected chi connectivity index (χ1v) is 5.62. The van der Waals surface area contributed by atoms with Gasteiger partial charge < -0.3 is 20.7 Å². The van der Waals surface area contributed by atoms with Gasteiger partial charge in [-0.15, -0.1) is 0 Å². The van der Waals surface area contributed by atoms with E-state index in [1.807, 2.05) is 18.2 Å². The second kappa shape index (κ2) is 7.94. The first kappa shape index (κ1) is 13.8. The zero-order valence-electron chi connectivity index (χ0n) is 10.2. The van der Waals surface area contributed by atoms with Crippen molar-refractivity contribution in [3.63, 3.8) is 0 Å². The zero-order chi connectivity index (χ0) is 13.2. The maximum atomic E-state index is 11.4. The number of ether oxygens (including phenoxy) is 1. The van der Waals surface area contributed by atoms with Crippen molar-refractivity contribution in [3.8, 4) is 5.75 Å². The van der Waals surface area contributed by atoms with Crippen molar-refractivity contribution >= 4 is 11.9 Å². The summed E-state index contributed by atoms with van der Waals surface area (Å²) < 4.78 is 5.26. The number of hydrogen-bond donors (Lipinski definition) is 3. The highest BCUT2D eigenvalue weighted by molar-refractivity contribution is 5.77. The van der Waals surface area contributed by atoms with Crippen LogP contribution in [0.1, 0.15) is 0 Å². The van der Waals surface area contributed by atoms with Gasteiger partial charge >= 0.3 is 6.03 Å². The summed E-state index contributed by atoms with van der Waals surface area (Å²) in [6.45, 7) is 0.700. The molecule has 1 aromatic carbocycles. The van der Waals surface area contributed by atoms with E-state index in [1.165, 1.54) is 7.05 Å². The molecule has 0 fully saturated rings. The summed E-state index contributed by atoms with van der Waals surface area (Å²) >= 11 is 0. The number of carbonyl (C=O) groups excluding carboxylic acids is 2. The Hall–Kier alpha value is -2.24. The third-order valence-electron chi connectivity index (χ3n) is 2.07. The average molecular weight is 251 g/mol. The van der Waals surface area contributed by atoms with Crippen LogP contribution in [0.3, 0.4) is 0 Å². The molecule has 98 valence electrons. The van der Waals surface area contributed by atoms with Crippen LogP contribution >= 0.6 is 0 Å². The molecule has 0 atom stereocenters. The number of para-hydroxylation sites is 1. The number of urea groups is 1. The molecule has 0 aromatic heterocycles. The Balaban J connectivity index is 2.09. The SMILES string of the molecule is CNC(=O)NCCNC(=O)COc1ccccc1. The molecule has 1 rings (SSSR count). The summed E-state index contributed by atoms with van der Waals surface area (Å²) in [6.07, 6.45) is 0. The van der Waals surface area contributed by atoms with Gasteiger partial charge in [0.2, 0.25) is 0 Å². The van der Waals surface area contributed by atoms with Crippen LogP contribution in [0, 0.1) is 0 Å². The Morgan fingerprint density at radius 3 is 2.44 bits per heavy atom. The van der Waals surface area contributed by atoms with E-state index >= 15 is 0 Å². The quantitative estimate of drug-likeness (QED) is 0.628. The summed E-state index contributed by atoms with van der Waals surface area (Å²) in [6, 6.07) is 8.82. The summed E-state index contributed by atoms with van der Waals surface area (Å²) in [5.41, 5.74) is 0. The standard InChI is InChI=1S/C12H17N3O3/c1-13-12(17)15-8-7-14-11(16)9-18-10-5-3-2-4-6-10/h2-6H,7-9H2,1H3,(H,14,16)(H2,13,15,17). The van der Waals surface area contributed by atoms with E-state index in [0.717, 1.165) is 0 Å². The molecular weight excluding hydrogens is 234 g/mol. The molecule has 0 radical (unpaired) electrons. The minimum atomic E-state index is -0.273. The van der Waals surface area contributed by atoms with Gasteiger partial charge in [-0.3, -0.25) is 4.79 Å². The van der Waals surface area contributed by atoms with Crippen LogP contribution in [0.25, 0.3) is 0 Å². The van der Waals surface area contributed by atoms with Gasteiger partial charge in [0.05, 0.1) is 0 Å². The lowest BCUT2D eigenvalue weighted by atomic mass is 10.3. The second-order valence-electron chi connectivity index (χ2n) is 3.46. The second-order valence-corrected chi connectivity index (χ2v) is 3.46. The molecule has 0 spiro atoms. The topological polar surface area (TPSA) is 79.5 Å². The lowest BCUT2D eigenvalue weighted by Gasteiger charge is -2.08. The summed E-state index contributed by atoms with van der Waals surface area (Å²) in [4.78, 5) is 22.2. The zero-order valence-corrected chi connectivity index (χ0v) is 10.2. The fraction of sp³-hybridized carbons (Fsp3) is 0.333. The Morgan fingerprint density at radius 2 is 1.78 bits per heavy atom. The molecule has 0 saturated carbocycles. The molecule has 6 nitrogen and oxygen atoms in total. The first-order chi connectivity index (χ1) is 8.72. The van der Waals surface area contributed by atoms with E-state index in [2.05, 4.69) is 16.0 Å². The summed E-state index contributed by atoms with van der Waals surface area (Å²) in [7, 11) is 1.53. The van der Waals surface area contributed by atoms with Crippen molar-refractivity contribution in [2.75, 3.05) is 26.7 Å². The van der Waals surface area contributed by atoms with Gasteiger partial charge in [-0.05, 0) is 12.1 Å². The molecule has 0 aliphatic carbocycles. The van der Waals surface area contributed by atoms with Crippen molar-refractivity contribution in [3.05, 3.63) is 30.3 Å². The molecule has 3 N–H and O–H groups in total. The molecule has 3 amide bonds. The van der Waals surface area contributed by atoms with Crippen LogP contribution in [0.2, 0.25) is 0 Å². The molecule has 0 aliphatic rings. The molecule has 0 unspecified atom stereocenters. The van der Waals surface area contributed by atoms with E-state index in [-0.39, 0.29) is 18.5 Å². The van der Waals surface area contributed by atoms with Crippen molar-refractivity contribution in [2.45, 2.75) is 0 Å². The molecule has 6 heteroatoms. The molecule has 0 bridgehead atoms. The highest BCUT2D eigenvalue weighted by atomic mass is 16.5. The van der Waals surface area contributed by atoms with E-state index in [1.54, 1.807) is 12.1 Å². The fourth-order valence-electron chi connectivity index (χ4n) is 1.18. The summed E-state index contributed by atoms with van der Waals surface area (Å²) in [5.74, 6) is 0.425. The fourth-order valence-corrected chi connectivity index (χ4v) is 1.18. The van der Waals surface area contributed by atoms with Gasteiger partial charge in [-0.25, -0.2) is 4.79 Å². The predicted molar refractivity (Wildman–Crippen MR) is 67.4 cm³/mol. The number of benzene rings is 1. The van der Waals surface area contributed by atoms with Crippen LogP contribution < -0.4 is 20.7 Å². The minimum absolute atomic E-state index is 0.0377. The van der Waals surface area contributed by atoms with Crippen LogP contribution in [0.4, 0.5) is 4.79 Å². The van der Waals surface area contributed by atoms with Gasteiger partial charge in [-0.2, -0.15) is 0 Å². The number of rotatable bonds is 6. The van der Waals surface area contributed by atoms with Crippen LogP contribution in [-0.4, -0.2) is 38.7 Å². The van der Waals surface area contributed by atoms with Crippen LogP contribution in [-0.2, 0) is 4.79 Å². The molecule has 1 aromatic rings. The van der Waals surface area contributed by atoms with Crippen molar-refractivity contribution < 1.29 is 14.3 Å². The van der Waals surface area contributed by atoms with Crippen molar-refractivity contribution in [1.82, 2.24) is 16.0 Å². The third-order valence-corrected chi connectivity index (χ3v) is 2.07. The lowest BCUT2D eigenvalue weighted by molar-refractivity contribution is -0.123. The average Bonchev–Trinajstić information content (AvgIpc) is 2.42. The normalized spacial score (nSPS) is 9.39. The monoisotopic (exact) mass is 251 g/mol. The van der Waals surface area contributed by atoms with Crippen molar-refractivity contribution in [2.24, 2.45) is 0 Å². The maximum Gasteiger partial charge on any atom is 0.314 e. The highest BCUT2D eigenvalue weighted by Crippen LogP contribution is 2.07. The third kappa shape index (κ3) is 5.74. The Bertz CT molecular complexity index is 381. The van der Waals surface area contributed by atoms with Gasteiger partial charge in [-0.1, -0.05) is 18.2 Å². The number of amides is 3. The maximum absolute atomic E-state index is 11.4. The van der Waals surface area contributed by atoms with Crippen LogP contribution in [0.15, 0.2) is 30.3 Å². The number of hydrogen-bond acceptors (Lipinski definition) is 3. The number of nitrogens with one attached hydrogen (secondary N) is 3. The van der Waals surface area contributed by atoms with Gasteiger partial charge in [0, 0.05) is 20.1 Å². The molecule has 0 aliphatic heterocycles. The van der Waals surface area contributed by atoms with Crippen LogP contribution in [0.5, 0.6) is 5.75 Å². The Morgan fingerprint density at radius 1 is 1.11 bits per heavy atom. The smallest absolute Gasteiger partial charge is 0.314 e. The van der Waals surface area contributed by atoms with E-state index in [4.69, 9.17) is 4.74 Å². The predicted octanol–water partition coefficient (Wildman–Crippen LogP) is 0.111. The Labute approximate surface area is 106 Å². The minimum Gasteiger partial charge on any atom is -0.484 e. The van der Waals surface area contributed by atoms with Crippen molar-refractivity contribution in [1.29, 1.82) is 0 Å². The largest absolute Gasteiger partial charge is 0.484 e. The van der Waals surface area contributed by atoms with E-state index < -0.39 is 0 Å². The van der Waals surface area contributed by atoms with Gasteiger partial charge in [0.15, 0.2) is 6.61 Å². The first-order valence-electron chi connectivity index (χ1n) is 5.62. The highest BCUT2D eigenvalue weighted by Gasteiger charge is 2.02. The summed E-state index contributed by atoms with van der Waals surface area (Å²) in [5, 5.41) is 7.59. The van der Waals surface area contributed by atoms with E-state index in [0.29, 0.717) is 18.8 Å². The molecular formula is C12H17N3O3. The van der Waals surface area contributed by atoms with Gasteiger partial charge in [0.25, 0.3) is 5.91 Å². The lowest BCUT2D eigenvalue weighted by Crippen LogP contribution is -2.39. The van der Waals surface area contributed by atoms with E-state index in [9.17, 15) is 9.59 Å². The van der Waals surface area contributed by atoms with Gasteiger partial charge in [0.1, 0.15) is 5.75 Å². The molecule has 0 saturated heterocycles. The Kier molecular flexibility index (Phi) is 6.10. The number of carbonyl (C=O) groups is 2. The molecule has 0 heterocycles. The molecule has 18 heavy (non-hydrogen) atoms.